The molecule has 0 atom stereocenters. The molecule has 0 spiro atoms. The van der Waals surface area contributed by atoms with Gasteiger partial charge in [-0.3, -0.25) is 0 Å². The van der Waals surface area contributed by atoms with E-state index >= 15 is 0 Å². The quantitative estimate of drug-likeness (QED) is 0.296. The summed E-state index contributed by atoms with van der Waals surface area (Å²) in [6, 6.07) is 6.94. The number of benzene rings is 1. The van der Waals surface area contributed by atoms with Crippen molar-refractivity contribution in [3.63, 3.8) is 0 Å². The van der Waals surface area contributed by atoms with Gasteiger partial charge in [0.2, 0.25) is 0 Å². The smallest absolute Gasteiger partial charge is 0.171 e. The molecule has 18 heavy (non-hydrogen) atoms. The van der Waals surface area contributed by atoms with Crippen LogP contribution in [0.25, 0.3) is 0 Å². The number of halogens is 1. The summed E-state index contributed by atoms with van der Waals surface area (Å²) in [4.78, 5) is 8.74. The van der Waals surface area contributed by atoms with Crippen LogP contribution in [0.3, 0.4) is 0 Å². The maximum absolute atomic E-state index is 8.75. The van der Waals surface area contributed by atoms with Crippen molar-refractivity contribution in [2.75, 3.05) is 0 Å². The second-order valence-corrected chi connectivity index (χ2v) is 4.77. The van der Waals surface area contributed by atoms with Crippen molar-refractivity contribution in [2.45, 2.75) is 9.92 Å². The van der Waals surface area contributed by atoms with Gasteiger partial charge in [0.05, 0.1) is 0 Å². The number of nitrogens with zero attached hydrogens (tertiary/aromatic N) is 3. The van der Waals surface area contributed by atoms with Crippen molar-refractivity contribution in [3.8, 4) is 0 Å². The fourth-order valence-electron chi connectivity index (χ4n) is 1.30. The average molecular weight is 281 g/mol. The number of amidine groups is 1. The molecule has 0 saturated carbocycles. The maximum atomic E-state index is 8.75. The lowest BCUT2D eigenvalue weighted by molar-refractivity contribution is 0.318. The van der Waals surface area contributed by atoms with Gasteiger partial charge in [0.15, 0.2) is 5.84 Å². The molecule has 0 aliphatic heterocycles. The van der Waals surface area contributed by atoms with Crippen molar-refractivity contribution < 1.29 is 5.21 Å². The molecule has 0 bridgehead atoms. The van der Waals surface area contributed by atoms with Crippen LogP contribution >= 0.6 is 23.4 Å². The Balaban J connectivity index is 2.39. The first-order chi connectivity index (χ1) is 8.70. The Bertz CT molecular complexity index is 577. The van der Waals surface area contributed by atoms with Gasteiger partial charge in [0.1, 0.15) is 11.4 Å². The van der Waals surface area contributed by atoms with Gasteiger partial charge in [-0.15, -0.1) is 0 Å². The predicted molar refractivity (Wildman–Crippen MR) is 70.1 cm³/mol. The highest BCUT2D eigenvalue weighted by Crippen LogP contribution is 2.30. The van der Waals surface area contributed by atoms with Gasteiger partial charge < -0.3 is 10.9 Å². The normalized spacial score (nSPS) is 11.5. The van der Waals surface area contributed by atoms with E-state index in [4.69, 9.17) is 22.5 Å². The maximum Gasteiger partial charge on any atom is 0.171 e. The second kappa shape index (κ2) is 5.70. The van der Waals surface area contributed by atoms with Crippen LogP contribution in [0.2, 0.25) is 5.02 Å². The monoisotopic (exact) mass is 280 g/mol. The topological polar surface area (TPSA) is 84.4 Å². The molecule has 0 amide bonds. The first-order valence-corrected chi connectivity index (χ1v) is 6.11. The van der Waals surface area contributed by atoms with Crippen LogP contribution in [0.1, 0.15) is 5.56 Å². The molecule has 7 heteroatoms. The van der Waals surface area contributed by atoms with Crippen LogP contribution in [-0.2, 0) is 0 Å². The van der Waals surface area contributed by atoms with E-state index in [1.807, 2.05) is 0 Å². The molecule has 1 aromatic heterocycles. The lowest BCUT2D eigenvalue weighted by Gasteiger charge is -2.07. The molecule has 3 N–H and O–H groups in total. The summed E-state index contributed by atoms with van der Waals surface area (Å²) in [6.07, 6.45) is 3.11. The average Bonchev–Trinajstić information content (AvgIpc) is 2.41. The van der Waals surface area contributed by atoms with E-state index in [-0.39, 0.29) is 5.84 Å². The molecule has 0 aliphatic rings. The molecule has 2 rings (SSSR count). The minimum Gasteiger partial charge on any atom is -0.409 e. The lowest BCUT2D eigenvalue weighted by Crippen LogP contribution is -2.14. The summed E-state index contributed by atoms with van der Waals surface area (Å²) in [5.74, 6) is 0.00839. The Morgan fingerprint density at radius 1 is 1.39 bits per heavy atom. The SMILES string of the molecule is NC(=NO)c1cc(Cl)ccc1Sc1ccncn1. The molecule has 0 unspecified atom stereocenters. The van der Waals surface area contributed by atoms with E-state index in [0.29, 0.717) is 10.6 Å². The molecule has 0 radical (unpaired) electrons. The predicted octanol–water partition coefficient (Wildman–Crippen LogP) is 2.38. The summed E-state index contributed by atoms with van der Waals surface area (Å²) in [6.45, 7) is 0. The zero-order valence-corrected chi connectivity index (χ0v) is 10.7. The minimum atomic E-state index is 0.00839. The van der Waals surface area contributed by atoms with Gasteiger partial charge in [-0.05, 0) is 24.3 Å². The number of aromatic nitrogens is 2. The molecule has 92 valence electrons. The summed E-state index contributed by atoms with van der Waals surface area (Å²) < 4.78 is 0. The number of rotatable bonds is 3. The van der Waals surface area contributed by atoms with Crippen LogP contribution in [0.5, 0.6) is 0 Å². The van der Waals surface area contributed by atoms with Crippen LogP contribution in [0, 0.1) is 0 Å². The highest BCUT2D eigenvalue weighted by Gasteiger charge is 2.10. The molecule has 1 aromatic carbocycles. The standard InChI is InChI=1S/C11H9ClN4OS/c12-7-1-2-9(8(5-7)11(13)16-17)18-10-3-4-14-6-15-10/h1-6,17H,(H2,13,16). The van der Waals surface area contributed by atoms with E-state index in [0.717, 1.165) is 9.92 Å². The molecule has 0 fully saturated rings. The lowest BCUT2D eigenvalue weighted by atomic mass is 10.2. The third kappa shape index (κ3) is 2.91. The third-order valence-corrected chi connectivity index (χ3v) is 3.36. The summed E-state index contributed by atoms with van der Waals surface area (Å²) in [7, 11) is 0. The number of nitrogens with two attached hydrogens (primary N) is 1. The van der Waals surface area contributed by atoms with E-state index < -0.39 is 0 Å². The van der Waals surface area contributed by atoms with Crippen LogP contribution < -0.4 is 5.73 Å². The zero-order chi connectivity index (χ0) is 13.0. The van der Waals surface area contributed by atoms with Crippen molar-refractivity contribution in [1.82, 2.24) is 9.97 Å². The fourth-order valence-corrected chi connectivity index (χ4v) is 2.33. The van der Waals surface area contributed by atoms with E-state index in [1.54, 1.807) is 30.5 Å². The molecule has 1 heterocycles. The van der Waals surface area contributed by atoms with E-state index in [9.17, 15) is 0 Å². The molecular weight excluding hydrogens is 272 g/mol. The summed E-state index contributed by atoms with van der Waals surface area (Å²) in [5.41, 5.74) is 6.18. The highest BCUT2D eigenvalue weighted by molar-refractivity contribution is 7.99. The van der Waals surface area contributed by atoms with E-state index in [2.05, 4.69) is 15.1 Å². The van der Waals surface area contributed by atoms with Crippen molar-refractivity contribution in [2.24, 2.45) is 10.9 Å². The third-order valence-electron chi connectivity index (χ3n) is 2.09. The fraction of sp³-hybridized carbons (Fsp3) is 0. The van der Waals surface area contributed by atoms with Gasteiger partial charge in [-0.2, -0.15) is 0 Å². The second-order valence-electron chi connectivity index (χ2n) is 3.28. The van der Waals surface area contributed by atoms with Gasteiger partial charge >= 0.3 is 0 Å². The Morgan fingerprint density at radius 3 is 2.89 bits per heavy atom. The number of oxime groups is 1. The van der Waals surface area contributed by atoms with Gasteiger partial charge in [0.25, 0.3) is 0 Å². The van der Waals surface area contributed by atoms with Crippen molar-refractivity contribution in [1.29, 1.82) is 0 Å². The minimum absolute atomic E-state index is 0.00839. The van der Waals surface area contributed by atoms with Crippen LogP contribution in [-0.4, -0.2) is 21.0 Å². The van der Waals surface area contributed by atoms with E-state index in [1.165, 1.54) is 18.1 Å². The largest absolute Gasteiger partial charge is 0.409 e. The van der Waals surface area contributed by atoms with Gasteiger partial charge in [0, 0.05) is 21.7 Å². The van der Waals surface area contributed by atoms with Crippen molar-refractivity contribution >= 4 is 29.2 Å². The molecule has 0 saturated heterocycles. The molecule has 5 nitrogen and oxygen atoms in total. The first-order valence-electron chi connectivity index (χ1n) is 4.92. The van der Waals surface area contributed by atoms with Gasteiger partial charge in [-0.1, -0.05) is 28.5 Å². The molecular formula is C11H9ClN4OS. The molecule has 2 aromatic rings. The zero-order valence-electron chi connectivity index (χ0n) is 9.12. The van der Waals surface area contributed by atoms with Crippen LogP contribution in [0.15, 0.2) is 51.9 Å². The Hall–Kier alpha value is -1.79. The Morgan fingerprint density at radius 2 is 2.22 bits per heavy atom. The Kier molecular flexibility index (Phi) is 4.01. The summed E-state index contributed by atoms with van der Waals surface area (Å²) >= 11 is 7.28. The first kappa shape index (κ1) is 12.7. The number of hydrogen-bond acceptors (Lipinski definition) is 5. The highest BCUT2D eigenvalue weighted by atomic mass is 35.5. The van der Waals surface area contributed by atoms with Crippen LogP contribution in [0.4, 0.5) is 0 Å². The van der Waals surface area contributed by atoms with Gasteiger partial charge in [-0.25, -0.2) is 9.97 Å². The summed E-state index contributed by atoms with van der Waals surface area (Å²) in [5, 5.41) is 13.0. The molecule has 0 aliphatic carbocycles. The number of hydrogen-bond donors (Lipinski definition) is 2. The van der Waals surface area contributed by atoms with Crippen molar-refractivity contribution in [3.05, 3.63) is 47.4 Å². The Labute approximate surface area is 113 Å².